The summed E-state index contributed by atoms with van der Waals surface area (Å²) in [5, 5.41) is 5.04. The zero-order chi connectivity index (χ0) is 15.1. The molecule has 1 amide bonds. The molecule has 1 saturated carbocycles. The number of hydrogen-bond donors (Lipinski definition) is 2. The second kappa shape index (κ2) is 8.32. The highest BCUT2D eigenvalue weighted by Crippen LogP contribution is 2.28. The summed E-state index contributed by atoms with van der Waals surface area (Å²) in [4.78, 5) is 19.0. The van der Waals surface area contributed by atoms with Crippen LogP contribution in [0.15, 0.2) is 24.5 Å². The van der Waals surface area contributed by atoms with Crippen molar-refractivity contribution >= 4 is 23.4 Å². The van der Waals surface area contributed by atoms with E-state index in [-0.39, 0.29) is 11.8 Å². The Morgan fingerprint density at radius 1 is 1.33 bits per heavy atom. The van der Waals surface area contributed by atoms with Crippen LogP contribution < -0.4 is 10.3 Å². The Morgan fingerprint density at radius 3 is 2.57 bits per heavy atom. The quantitative estimate of drug-likeness (QED) is 0.626. The lowest BCUT2D eigenvalue weighted by Gasteiger charge is -2.34. The van der Waals surface area contributed by atoms with Crippen molar-refractivity contribution in [2.45, 2.75) is 45.1 Å². The van der Waals surface area contributed by atoms with Gasteiger partial charge in [0.2, 0.25) is 5.91 Å². The smallest absolute Gasteiger partial charge is 0.227 e. The minimum atomic E-state index is 0.0909. The van der Waals surface area contributed by atoms with Crippen LogP contribution in [-0.4, -0.2) is 28.5 Å². The summed E-state index contributed by atoms with van der Waals surface area (Å²) in [6.07, 6.45) is 8.22. The first-order valence-electron chi connectivity index (χ1n) is 7.58. The zero-order valence-electron chi connectivity index (χ0n) is 12.4. The number of pyridine rings is 1. The number of aromatic nitrogens is 1. The van der Waals surface area contributed by atoms with E-state index >= 15 is 0 Å². The fourth-order valence-corrected chi connectivity index (χ4v) is 3.09. The molecule has 0 atom stereocenters. The van der Waals surface area contributed by atoms with Crippen molar-refractivity contribution in [1.82, 2.24) is 14.9 Å². The summed E-state index contributed by atoms with van der Waals surface area (Å²) in [5.41, 5.74) is 0.812. The fourth-order valence-electron chi connectivity index (χ4n) is 2.86. The van der Waals surface area contributed by atoms with E-state index in [1.807, 2.05) is 12.1 Å². The van der Waals surface area contributed by atoms with Crippen LogP contribution in [0.1, 0.15) is 39.0 Å². The van der Waals surface area contributed by atoms with Crippen molar-refractivity contribution < 1.29 is 4.79 Å². The molecule has 1 aliphatic carbocycles. The fraction of sp³-hybridized carbons (Fsp3) is 0.600. The van der Waals surface area contributed by atoms with Gasteiger partial charge in [0.15, 0.2) is 0 Å². The summed E-state index contributed by atoms with van der Waals surface area (Å²) < 4.78 is 0. The van der Waals surface area contributed by atoms with E-state index < -0.39 is 0 Å². The Morgan fingerprint density at radius 2 is 2.00 bits per heavy atom. The molecule has 2 rings (SSSR count). The molecule has 1 aliphatic rings. The van der Waals surface area contributed by atoms with Crippen molar-refractivity contribution in [3.05, 3.63) is 24.5 Å². The molecule has 1 fully saturated rings. The Kier molecular flexibility index (Phi) is 6.42. The predicted molar refractivity (Wildman–Crippen MR) is 84.6 cm³/mol. The summed E-state index contributed by atoms with van der Waals surface area (Å²) in [7, 11) is 0. The van der Waals surface area contributed by atoms with Gasteiger partial charge in [0.05, 0.1) is 0 Å². The number of rotatable bonds is 6. The zero-order valence-corrected chi connectivity index (χ0v) is 13.1. The molecule has 21 heavy (non-hydrogen) atoms. The Hall–Kier alpha value is -1.17. The molecule has 2 N–H and O–H groups in total. The Labute approximate surface area is 131 Å². The first-order valence-corrected chi connectivity index (χ1v) is 7.96. The number of carbonyl (C=O) groups excluding carboxylic acids is 1. The average Bonchev–Trinajstić information content (AvgIpc) is 2.54. The number of carbonyl (C=O) groups is 1. The Balaban J connectivity index is 1.82. The minimum Gasteiger partial charge on any atom is -0.326 e. The van der Waals surface area contributed by atoms with Crippen molar-refractivity contribution in [2.24, 2.45) is 5.92 Å². The number of hydrogen-bond acceptors (Lipinski definition) is 4. The molecule has 1 heterocycles. The number of nitrogens with one attached hydrogen (secondary N) is 2. The van der Waals surface area contributed by atoms with E-state index in [0.29, 0.717) is 6.04 Å². The van der Waals surface area contributed by atoms with Crippen LogP contribution in [-0.2, 0) is 4.79 Å². The molecular formula is C15H23ClN4O. The normalized spacial score (nSPS) is 22.2. The maximum atomic E-state index is 12.3. The molecule has 1 aromatic rings. The molecule has 1 aromatic heterocycles. The topological polar surface area (TPSA) is 57.3 Å². The van der Waals surface area contributed by atoms with Crippen LogP contribution in [0.25, 0.3) is 0 Å². The van der Waals surface area contributed by atoms with Crippen LogP contribution in [0, 0.1) is 5.92 Å². The molecule has 0 spiro atoms. The predicted octanol–water partition coefficient (Wildman–Crippen LogP) is 2.95. The lowest BCUT2D eigenvalue weighted by Crippen LogP contribution is -2.44. The van der Waals surface area contributed by atoms with Crippen LogP contribution >= 0.6 is 11.8 Å². The van der Waals surface area contributed by atoms with Gasteiger partial charge in [0.1, 0.15) is 0 Å². The van der Waals surface area contributed by atoms with Gasteiger partial charge < -0.3 is 5.32 Å². The maximum absolute atomic E-state index is 12.3. The highest BCUT2D eigenvalue weighted by Gasteiger charge is 2.29. The molecule has 6 heteroatoms. The van der Waals surface area contributed by atoms with Gasteiger partial charge in [-0.15, -0.1) is 0 Å². The third-order valence-electron chi connectivity index (χ3n) is 4.03. The van der Waals surface area contributed by atoms with Gasteiger partial charge in [-0.05, 0) is 56.0 Å². The highest BCUT2D eigenvalue weighted by atomic mass is 35.5. The second-order valence-electron chi connectivity index (χ2n) is 5.51. The highest BCUT2D eigenvalue weighted by molar-refractivity contribution is 6.13. The summed E-state index contributed by atoms with van der Waals surface area (Å²) >= 11 is 5.78. The SMILES string of the molecule is CCCN(NCl)C1CCC(C(=O)Nc2ccncc2)CC1. The van der Waals surface area contributed by atoms with E-state index in [1.165, 1.54) is 0 Å². The van der Waals surface area contributed by atoms with E-state index in [4.69, 9.17) is 11.8 Å². The summed E-state index contributed by atoms with van der Waals surface area (Å²) in [6.45, 7) is 3.07. The molecular weight excluding hydrogens is 288 g/mol. The number of amides is 1. The third kappa shape index (κ3) is 4.66. The largest absolute Gasteiger partial charge is 0.326 e. The Bertz CT molecular complexity index is 435. The number of nitrogens with zero attached hydrogens (tertiary/aromatic N) is 2. The number of halogens is 1. The van der Waals surface area contributed by atoms with Gasteiger partial charge >= 0.3 is 0 Å². The lowest BCUT2D eigenvalue weighted by atomic mass is 9.85. The summed E-state index contributed by atoms with van der Waals surface area (Å²) in [5.74, 6) is 0.203. The third-order valence-corrected chi connectivity index (χ3v) is 4.25. The van der Waals surface area contributed by atoms with Crippen molar-refractivity contribution in [3.8, 4) is 0 Å². The summed E-state index contributed by atoms with van der Waals surface area (Å²) in [6, 6.07) is 4.04. The van der Waals surface area contributed by atoms with Crippen LogP contribution in [0.5, 0.6) is 0 Å². The monoisotopic (exact) mass is 310 g/mol. The van der Waals surface area contributed by atoms with E-state index in [0.717, 1.165) is 44.3 Å². The molecule has 0 radical (unpaired) electrons. The molecule has 5 nitrogen and oxygen atoms in total. The maximum Gasteiger partial charge on any atom is 0.227 e. The number of anilines is 1. The second-order valence-corrected chi connectivity index (χ2v) is 5.68. The van der Waals surface area contributed by atoms with Crippen molar-refractivity contribution in [1.29, 1.82) is 0 Å². The molecule has 0 aromatic carbocycles. The van der Waals surface area contributed by atoms with Gasteiger partial charge in [0.25, 0.3) is 0 Å². The molecule has 0 aliphatic heterocycles. The van der Waals surface area contributed by atoms with Crippen LogP contribution in [0.3, 0.4) is 0 Å². The first-order chi connectivity index (χ1) is 10.2. The van der Waals surface area contributed by atoms with Gasteiger partial charge in [-0.3, -0.25) is 9.78 Å². The van der Waals surface area contributed by atoms with Crippen molar-refractivity contribution in [3.63, 3.8) is 0 Å². The van der Waals surface area contributed by atoms with Gasteiger partial charge in [-0.1, -0.05) is 6.92 Å². The number of hydrazine groups is 1. The van der Waals surface area contributed by atoms with Gasteiger partial charge in [0, 0.05) is 36.6 Å². The van der Waals surface area contributed by atoms with E-state index in [9.17, 15) is 4.79 Å². The van der Waals surface area contributed by atoms with Gasteiger partial charge in [-0.2, -0.15) is 4.94 Å². The molecule has 0 bridgehead atoms. The van der Waals surface area contributed by atoms with Crippen molar-refractivity contribution in [2.75, 3.05) is 11.9 Å². The standard InChI is InChI=1S/C15H23ClN4O/c1-2-11-20(19-16)14-5-3-12(4-6-14)15(21)18-13-7-9-17-10-8-13/h7-10,12,14,19H,2-6,11H2,1H3,(H,17,18,21). The first kappa shape index (κ1) is 16.2. The van der Waals surface area contributed by atoms with E-state index in [1.54, 1.807) is 12.4 Å². The van der Waals surface area contributed by atoms with Crippen LogP contribution in [0.2, 0.25) is 0 Å². The van der Waals surface area contributed by atoms with E-state index in [2.05, 4.69) is 27.2 Å². The lowest BCUT2D eigenvalue weighted by molar-refractivity contribution is -0.121. The molecule has 0 unspecified atom stereocenters. The van der Waals surface area contributed by atoms with Gasteiger partial charge in [-0.25, -0.2) is 5.01 Å². The van der Waals surface area contributed by atoms with Crippen LogP contribution in [0.4, 0.5) is 5.69 Å². The average molecular weight is 311 g/mol. The molecule has 116 valence electrons. The minimum absolute atomic E-state index is 0.0909. The molecule has 0 saturated heterocycles.